The third-order valence-electron chi connectivity index (χ3n) is 3.32. The summed E-state index contributed by atoms with van der Waals surface area (Å²) in [5.41, 5.74) is 6.17. The summed E-state index contributed by atoms with van der Waals surface area (Å²) in [4.78, 5) is 15.1. The number of aliphatic hydroxyl groups is 2. The quantitative estimate of drug-likeness (QED) is 0.722. The van der Waals surface area contributed by atoms with Crippen LogP contribution in [0, 0.1) is 0 Å². The Hall–Kier alpha value is -1.50. The highest BCUT2D eigenvalue weighted by molar-refractivity contribution is 5.92. The number of nitrogens with two attached hydrogens (primary N) is 1. The summed E-state index contributed by atoms with van der Waals surface area (Å²) in [6.07, 6.45) is 2.00. The van der Waals surface area contributed by atoms with Gasteiger partial charge in [0.2, 0.25) is 5.91 Å². The number of carbonyl (C=O) groups is 1. The molecule has 0 aromatic carbocycles. The lowest BCUT2D eigenvalue weighted by molar-refractivity contribution is -0.0892. The summed E-state index contributed by atoms with van der Waals surface area (Å²) in [5, 5.41) is 19.0. The molecule has 2 rings (SSSR count). The zero-order valence-electron chi connectivity index (χ0n) is 10.5. The van der Waals surface area contributed by atoms with Gasteiger partial charge in [-0.3, -0.25) is 9.78 Å². The van der Waals surface area contributed by atoms with E-state index in [0.717, 1.165) is 12.8 Å². The summed E-state index contributed by atoms with van der Waals surface area (Å²) in [7, 11) is 0. The van der Waals surface area contributed by atoms with Crippen LogP contribution in [0.2, 0.25) is 0 Å². The summed E-state index contributed by atoms with van der Waals surface area (Å²) >= 11 is 0. The Labute approximate surface area is 111 Å². The second-order valence-electron chi connectivity index (χ2n) is 4.68. The van der Waals surface area contributed by atoms with Crippen LogP contribution in [0.3, 0.4) is 0 Å². The molecule has 104 valence electrons. The van der Waals surface area contributed by atoms with Gasteiger partial charge in [-0.1, -0.05) is 0 Å². The first kappa shape index (κ1) is 13.9. The van der Waals surface area contributed by atoms with Crippen LogP contribution in [0.5, 0.6) is 0 Å². The summed E-state index contributed by atoms with van der Waals surface area (Å²) < 4.78 is 5.68. The molecular weight excluding hydrogens is 248 g/mol. The van der Waals surface area contributed by atoms with E-state index in [0.29, 0.717) is 17.7 Å². The third kappa shape index (κ3) is 3.28. The molecule has 1 saturated heterocycles. The molecule has 1 amide bonds. The van der Waals surface area contributed by atoms with Gasteiger partial charge >= 0.3 is 0 Å². The maximum absolute atomic E-state index is 11.0. The fourth-order valence-electron chi connectivity index (χ4n) is 2.19. The highest BCUT2D eigenvalue weighted by atomic mass is 16.5. The van der Waals surface area contributed by atoms with Gasteiger partial charge in [-0.15, -0.1) is 0 Å². The van der Waals surface area contributed by atoms with E-state index in [-0.39, 0.29) is 12.7 Å². The van der Waals surface area contributed by atoms with E-state index in [9.17, 15) is 15.0 Å². The van der Waals surface area contributed by atoms with Crippen molar-refractivity contribution < 1.29 is 19.7 Å². The number of ether oxygens (including phenoxy) is 1. The average Bonchev–Trinajstić information content (AvgIpc) is 2.60. The number of hydrogen-bond acceptors (Lipinski definition) is 5. The number of carbonyl (C=O) groups excluding carboxylic acids is 1. The molecule has 0 spiro atoms. The van der Waals surface area contributed by atoms with Crippen molar-refractivity contribution >= 4 is 5.91 Å². The molecule has 2 heterocycles. The highest BCUT2D eigenvalue weighted by Gasteiger charge is 2.28. The summed E-state index contributed by atoms with van der Waals surface area (Å²) in [5.74, 6) is -0.524. The highest BCUT2D eigenvalue weighted by Crippen LogP contribution is 2.29. The van der Waals surface area contributed by atoms with Gasteiger partial charge in [0.05, 0.1) is 24.0 Å². The summed E-state index contributed by atoms with van der Waals surface area (Å²) in [6, 6.07) is 3.29. The lowest BCUT2D eigenvalue weighted by Crippen LogP contribution is -2.31. The number of aromatic nitrogens is 1. The first-order valence-corrected chi connectivity index (χ1v) is 6.32. The Bertz CT molecular complexity index is 435. The molecule has 3 atom stereocenters. The van der Waals surface area contributed by atoms with E-state index in [4.69, 9.17) is 10.5 Å². The van der Waals surface area contributed by atoms with Gasteiger partial charge in [-0.25, -0.2) is 0 Å². The lowest BCUT2D eigenvalue weighted by Gasteiger charge is -2.22. The average molecular weight is 266 g/mol. The second-order valence-corrected chi connectivity index (χ2v) is 4.68. The normalized spacial score (nSPS) is 27.8. The molecule has 0 bridgehead atoms. The van der Waals surface area contributed by atoms with Gasteiger partial charge in [0.25, 0.3) is 0 Å². The molecule has 0 unspecified atom stereocenters. The van der Waals surface area contributed by atoms with E-state index in [2.05, 4.69) is 4.98 Å². The van der Waals surface area contributed by atoms with Crippen LogP contribution < -0.4 is 5.73 Å². The van der Waals surface area contributed by atoms with Crippen LogP contribution in [0.15, 0.2) is 18.3 Å². The third-order valence-corrected chi connectivity index (χ3v) is 3.32. The molecule has 19 heavy (non-hydrogen) atoms. The number of pyridine rings is 1. The van der Waals surface area contributed by atoms with Gasteiger partial charge < -0.3 is 20.7 Å². The van der Waals surface area contributed by atoms with Crippen molar-refractivity contribution in [3.63, 3.8) is 0 Å². The van der Waals surface area contributed by atoms with Crippen molar-refractivity contribution in [2.75, 3.05) is 6.61 Å². The molecule has 1 aliphatic heterocycles. The van der Waals surface area contributed by atoms with Crippen LogP contribution >= 0.6 is 0 Å². The van der Waals surface area contributed by atoms with Gasteiger partial charge in [0.15, 0.2) is 0 Å². The van der Waals surface area contributed by atoms with E-state index in [1.165, 1.54) is 6.20 Å². The first-order chi connectivity index (χ1) is 9.11. The minimum absolute atomic E-state index is 0.225. The summed E-state index contributed by atoms with van der Waals surface area (Å²) in [6.45, 7) is -0.225. The van der Waals surface area contributed by atoms with Crippen LogP contribution in [0.1, 0.15) is 41.4 Å². The molecule has 1 aromatic rings. The molecule has 1 aliphatic rings. The Morgan fingerprint density at radius 1 is 1.47 bits per heavy atom. The molecule has 1 fully saturated rings. The maximum Gasteiger partial charge on any atom is 0.250 e. The minimum atomic E-state index is -0.653. The number of rotatable bonds is 3. The Kier molecular flexibility index (Phi) is 4.47. The van der Waals surface area contributed by atoms with Crippen molar-refractivity contribution in [2.45, 2.75) is 37.6 Å². The zero-order valence-corrected chi connectivity index (χ0v) is 10.5. The molecule has 6 heteroatoms. The van der Waals surface area contributed by atoms with E-state index < -0.39 is 18.1 Å². The number of aliphatic hydroxyl groups excluding tert-OH is 2. The monoisotopic (exact) mass is 266 g/mol. The Morgan fingerprint density at radius 2 is 2.26 bits per heavy atom. The molecule has 4 N–H and O–H groups in total. The van der Waals surface area contributed by atoms with E-state index in [1.807, 2.05) is 0 Å². The molecule has 0 aliphatic carbocycles. The van der Waals surface area contributed by atoms with Gasteiger partial charge in [0, 0.05) is 6.20 Å². The smallest absolute Gasteiger partial charge is 0.250 e. The van der Waals surface area contributed by atoms with Crippen molar-refractivity contribution in [3.05, 3.63) is 29.6 Å². The Morgan fingerprint density at radius 3 is 2.84 bits per heavy atom. The first-order valence-electron chi connectivity index (χ1n) is 6.32. The van der Waals surface area contributed by atoms with Crippen LogP contribution in [0.4, 0.5) is 0 Å². The molecule has 0 saturated carbocycles. The SMILES string of the molecule is NC(=O)c1ccc([C@H]2CCC[C@H](O)[C@@H](CO)O2)nc1. The van der Waals surface area contributed by atoms with E-state index in [1.54, 1.807) is 12.1 Å². The van der Waals surface area contributed by atoms with Crippen LogP contribution in [-0.4, -0.2) is 39.9 Å². The largest absolute Gasteiger partial charge is 0.394 e. The van der Waals surface area contributed by atoms with Crippen molar-refractivity contribution in [2.24, 2.45) is 5.73 Å². The van der Waals surface area contributed by atoms with Gasteiger partial charge in [0.1, 0.15) is 12.2 Å². The Balaban J connectivity index is 2.13. The van der Waals surface area contributed by atoms with Crippen molar-refractivity contribution in [1.29, 1.82) is 0 Å². The lowest BCUT2D eigenvalue weighted by atomic mass is 10.1. The molecule has 1 aromatic heterocycles. The maximum atomic E-state index is 11.0. The minimum Gasteiger partial charge on any atom is -0.394 e. The molecule has 6 nitrogen and oxygen atoms in total. The van der Waals surface area contributed by atoms with E-state index >= 15 is 0 Å². The predicted octanol–water partition coefficient (Wildman–Crippen LogP) is 0.144. The predicted molar refractivity (Wildman–Crippen MR) is 67.3 cm³/mol. The number of amides is 1. The second kappa shape index (κ2) is 6.10. The van der Waals surface area contributed by atoms with Crippen molar-refractivity contribution in [3.8, 4) is 0 Å². The number of primary amides is 1. The standard InChI is InChI=1S/C13H18N2O4/c14-13(18)8-4-5-9(15-6-8)11-3-1-2-10(17)12(7-16)19-11/h4-6,10-12,16-17H,1-3,7H2,(H2,14,18)/t10-,11+,12+/m0/s1. The van der Waals surface area contributed by atoms with Gasteiger partial charge in [-0.2, -0.15) is 0 Å². The van der Waals surface area contributed by atoms with Gasteiger partial charge in [-0.05, 0) is 31.4 Å². The molecular formula is C13H18N2O4. The zero-order chi connectivity index (χ0) is 13.8. The fourth-order valence-corrected chi connectivity index (χ4v) is 2.19. The van der Waals surface area contributed by atoms with Crippen molar-refractivity contribution in [1.82, 2.24) is 4.98 Å². The number of hydrogen-bond donors (Lipinski definition) is 3. The number of nitrogens with zero attached hydrogens (tertiary/aromatic N) is 1. The van der Waals surface area contributed by atoms with Crippen LogP contribution in [0.25, 0.3) is 0 Å². The van der Waals surface area contributed by atoms with Crippen LogP contribution in [-0.2, 0) is 4.74 Å². The molecule has 0 radical (unpaired) electrons. The topological polar surface area (TPSA) is 106 Å². The fraction of sp³-hybridized carbons (Fsp3) is 0.538.